The molecule has 1 aromatic heterocycles. The molecule has 0 saturated heterocycles. The highest BCUT2D eigenvalue weighted by molar-refractivity contribution is 6.03. The highest BCUT2D eigenvalue weighted by atomic mass is 19.1. The van der Waals surface area contributed by atoms with Gasteiger partial charge in [-0.25, -0.2) is 18.4 Å². The average Bonchev–Trinajstić information content (AvgIpc) is 2.97. The highest BCUT2D eigenvalue weighted by Gasteiger charge is 2.13. The van der Waals surface area contributed by atoms with Crippen LogP contribution in [0.5, 0.6) is 0 Å². The van der Waals surface area contributed by atoms with Crippen LogP contribution in [0, 0.1) is 11.6 Å². The maximum absolute atomic E-state index is 13.6. The van der Waals surface area contributed by atoms with Gasteiger partial charge in [-0.15, -0.1) is 5.10 Å². The van der Waals surface area contributed by atoms with Gasteiger partial charge in [0.2, 0.25) is 5.95 Å². The number of halogens is 2. The summed E-state index contributed by atoms with van der Waals surface area (Å²) < 4.78 is 28.5. The van der Waals surface area contributed by atoms with Gasteiger partial charge >= 0.3 is 0 Å². The Bertz CT molecular complexity index is 847. The van der Waals surface area contributed by atoms with E-state index in [0.717, 1.165) is 0 Å². The molecule has 1 heterocycles. The third-order valence-electron chi connectivity index (χ3n) is 3.17. The smallest absolute Gasteiger partial charge is 0.261 e. The predicted molar refractivity (Wildman–Crippen MR) is 79.9 cm³/mol. The molecule has 5 nitrogen and oxygen atoms in total. The van der Waals surface area contributed by atoms with Gasteiger partial charge in [0, 0.05) is 5.56 Å². The Kier molecular flexibility index (Phi) is 4.09. The average molecular weight is 314 g/mol. The SMILES string of the molecule is O=C(Nc1ncn(Cc2ccccc2F)n1)c1ccccc1F. The van der Waals surface area contributed by atoms with E-state index in [2.05, 4.69) is 15.4 Å². The zero-order valence-electron chi connectivity index (χ0n) is 11.9. The second-order valence-electron chi connectivity index (χ2n) is 4.79. The summed E-state index contributed by atoms with van der Waals surface area (Å²) >= 11 is 0. The number of amides is 1. The first-order chi connectivity index (χ1) is 11.1. The number of hydrogen-bond donors (Lipinski definition) is 1. The predicted octanol–water partition coefficient (Wildman–Crippen LogP) is 2.86. The molecule has 1 N–H and O–H groups in total. The molecule has 0 aliphatic carbocycles. The van der Waals surface area contributed by atoms with Crippen LogP contribution >= 0.6 is 0 Å². The maximum atomic E-state index is 13.6. The Hall–Kier alpha value is -3.09. The second-order valence-corrected chi connectivity index (χ2v) is 4.79. The fourth-order valence-corrected chi connectivity index (χ4v) is 2.04. The standard InChI is InChI=1S/C16H12F2N4O/c17-13-7-3-1-5-11(13)9-22-10-19-16(21-22)20-15(23)12-6-2-4-8-14(12)18/h1-8,10H,9H2,(H,20,21,23). The molecule has 1 amide bonds. The van der Waals surface area contributed by atoms with Gasteiger partial charge in [0.15, 0.2) is 0 Å². The van der Waals surface area contributed by atoms with E-state index in [-0.39, 0.29) is 23.9 Å². The molecular weight excluding hydrogens is 302 g/mol. The lowest BCUT2D eigenvalue weighted by atomic mass is 10.2. The molecule has 2 aromatic carbocycles. The van der Waals surface area contributed by atoms with Crippen LogP contribution in [0.1, 0.15) is 15.9 Å². The summed E-state index contributed by atoms with van der Waals surface area (Å²) in [6, 6.07) is 11.9. The zero-order chi connectivity index (χ0) is 16.2. The third kappa shape index (κ3) is 3.39. The molecule has 116 valence electrons. The van der Waals surface area contributed by atoms with Crippen molar-refractivity contribution in [3.8, 4) is 0 Å². The van der Waals surface area contributed by atoms with Crippen LogP contribution in [-0.2, 0) is 6.54 Å². The largest absolute Gasteiger partial charge is 0.289 e. The summed E-state index contributed by atoms with van der Waals surface area (Å²) in [6.07, 6.45) is 1.36. The fourth-order valence-electron chi connectivity index (χ4n) is 2.04. The number of aromatic nitrogens is 3. The Labute approximate surface area is 130 Å². The molecule has 0 bridgehead atoms. The minimum absolute atomic E-state index is 0.0228. The van der Waals surface area contributed by atoms with Crippen LogP contribution in [0.15, 0.2) is 54.9 Å². The topological polar surface area (TPSA) is 59.8 Å². The third-order valence-corrected chi connectivity index (χ3v) is 3.17. The van der Waals surface area contributed by atoms with Crippen LogP contribution < -0.4 is 5.32 Å². The van der Waals surface area contributed by atoms with Crippen molar-refractivity contribution in [2.24, 2.45) is 0 Å². The first-order valence-electron chi connectivity index (χ1n) is 6.82. The monoisotopic (exact) mass is 314 g/mol. The van der Waals surface area contributed by atoms with Crippen LogP contribution in [0.2, 0.25) is 0 Å². The van der Waals surface area contributed by atoms with E-state index in [1.807, 2.05) is 0 Å². The minimum Gasteiger partial charge on any atom is -0.289 e. The Morgan fingerprint density at radius 2 is 1.74 bits per heavy atom. The molecule has 0 saturated carbocycles. The Balaban J connectivity index is 1.72. The van der Waals surface area contributed by atoms with E-state index in [1.165, 1.54) is 35.3 Å². The van der Waals surface area contributed by atoms with Crippen molar-refractivity contribution in [1.29, 1.82) is 0 Å². The van der Waals surface area contributed by atoms with Crippen molar-refractivity contribution in [2.45, 2.75) is 6.54 Å². The van der Waals surface area contributed by atoms with E-state index in [0.29, 0.717) is 5.56 Å². The summed E-state index contributed by atoms with van der Waals surface area (Å²) in [7, 11) is 0. The van der Waals surface area contributed by atoms with Gasteiger partial charge in [0.25, 0.3) is 5.91 Å². The molecule has 7 heteroatoms. The van der Waals surface area contributed by atoms with Gasteiger partial charge < -0.3 is 0 Å². The Morgan fingerprint density at radius 3 is 2.48 bits per heavy atom. The van der Waals surface area contributed by atoms with Gasteiger partial charge in [0.1, 0.15) is 18.0 Å². The number of hydrogen-bond acceptors (Lipinski definition) is 3. The van der Waals surface area contributed by atoms with Gasteiger partial charge in [-0.05, 0) is 18.2 Å². The zero-order valence-corrected chi connectivity index (χ0v) is 11.9. The van der Waals surface area contributed by atoms with Crippen LogP contribution in [-0.4, -0.2) is 20.7 Å². The highest BCUT2D eigenvalue weighted by Crippen LogP contribution is 2.10. The number of carbonyl (C=O) groups is 1. The fraction of sp³-hybridized carbons (Fsp3) is 0.0625. The van der Waals surface area contributed by atoms with Crippen molar-refractivity contribution in [3.05, 3.63) is 77.6 Å². The van der Waals surface area contributed by atoms with Gasteiger partial charge in [-0.1, -0.05) is 30.3 Å². The molecule has 3 rings (SSSR count). The summed E-state index contributed by atoms with van der Waals surface area (Å²) in [4.78, 5) is 15.9. The van der Waals surface area contributed by atoms with E-state index < -0.39 is 11.7 Å². The van der Waals surface area contributed by atoms with Crippen LogP contribution in [0.3, 0.4) is 0 Å². The minimum atomic E-state index is -0.647. The van der Waals surface area contributed by atoms with Gasteiger partial charge in [-0.2, -0.15) is 0 Å². The molecule has 23 heavy (non-hydrogen) atoms. The number of nitrogens with zero attached hydrogens (tertiary/aromatic N) is 3. The first-order valence-corrected chi connectivity index (χ1v) is 6.82. The van der Waals surface area contributed by atoms with Crippen molar-refractivity contribution < 1.29 is 13.6 Å². The number of benzene rings is 2. The lowest BCUT2D eigenvalue weighted by Gasteiger charge is -2.03. The number of anilines is 1. The van der Waals surface area contributed by atoms with Crippen molar-refractivity contribution >= 4 is 11.9 Å². The molecular formula is C16H12F2N4O. The van der Waals surface area contributed by atoms with E-state index in [4.69, 9.17) is 0 Å². The maximum Gasteiger partial charge on any atom is 0.261 e. The summed E-state index contributed by atoms with van der Waals surface area (Å²) in [5.41, 5.74) is 0.349. The molecule has 0 aliphatic heterocycles. The van der Waals surface area contributed by atoms with Crippen molar-refractivity contribution in [1.82, 2.24) is 14.8 Å². The van der Waals surface area contributed by atoms with Gasteiger partial charge in [0.05, 0.1) is 12.1 Å². The number of rotatable bonds is 4. The second kappa shape index (κ2) is 6.35. The van der Waals surface area contributed by atoms with Crippen molar-refractivity contribution in [2.75, 3.05) is 5.32 Å². The molecule has 0 fully saturated rings. The lowest BCUT2D eigenvalue weighted by molar-refractivity contribution is 0.102. The molecule has 0 radical (unpaired) electrons. The molecule has 0 unspecified atom stereocenters. The van der Waals surface area contributed by atoms with E-state index in [9.17, 15) is 13.6 Å². The number of carbonyl (C=O) groups excluding carboxylic acids is 1. The quantitative estimate of drug-likeness (QED) is 0.805. The molecule has 0 spiro atoms. The summed E-state index contributed by atoms with van der Waals surface area (Å²) in [5, 5.41) is 6.43. The van der Waals surface area contributed by atoms with E-state index >= 15 is 0 Å². The summed E-state index contributed by atoms with van der Waals surface area (Å²) in [5.74, 6) is -1.60. The summed E-state index contributed by atoms with van der Waals surface area (Å²) in [6.45, 7) is 0.176. The lowest BCUT2D eigenvalue weighted by Crippen LogP contribution is -2.15. The normalized spacial score (nSPS) is 10.5. The van der Waals surface area contributed by atoms with Crippen molar-refractivity contribution in [3.63, 3.8) is 0 Å². The molecule has 0 aliphatic rings. The first kappa shape index (κ1) is 14.8. The number of nitrogens with one attached hydrogen (secondary N) is 1. The Morgan fingerprint density at radius 1 is 1.04 bits per heavy atom. The van der Waals surface area contributed by atoms with Crippen LogP contribution in [0.25, 0.3) is 0 Å². The molecule has 3 aromatic rings. The van der Waals surface area contributed by atoms with Gasteiger partial charge in [-0.3, -0.25) is 10.1 Å². The van der Waals surface area contributed by atoms with Crippen LogP contribution in [0.4, 0.5) is 14.7 Å². The van der Waals surface area contributed by atoms with E-state index in [1.54, 1.807) is 24.3 Å². The molecule has 0 atom stereocenters.